The highest BCUT2D eigenvalue weighted by molar-refractivity contribution is 5.56. The van der Waals surface area contributed by atoms with Crippen molar-refractivity contribution in [2.45, 2.75) is 25.3 Å². The van der Waals surface area contributed by atoms with Crippen LogP contribution in [-0.2, 0) is 0 Å². The lowest BCUT2D eigenvalue weighted by Gasteiger charge is -2.22. The van der Waals surface area contributed by atoms with Crippen LogP contribution in [0.15, 0.2) is 18.2 Å². The summed E-state index contributed by atoms with van der Waals surface area (Å²) in [7, 11) is 5.45. The number of rotatable bonds is 6. The molecule has 0 aromatic heterocycles. The number of hydrogen-bond donors (Lipinski definition) is 1. The van der Waals surface area contributed by atoms with Gasteiger partial charge in [0.15, 0.2) is 11.5 Å². The van der Waals surface area contributed by atoms with Crippen LogP contribution >= 0.6 is 0 Å². The van der Waals surface area contributed by atoms with E-state index in [9.17, 15) is 0 Å². The second-order valence-electron chi connectivity index (χ2n) is 5.04. The Bertz CT molecular complexity index is 403. The van der Waals surface area contributed by atoms with E-state index in [1.165, 1.54) is 25.8 Å². The molecule has 0 aliphatic carbocycles. The van der Waals surface area contributed by atoms with Crippen LogP contribution in [0.25, 0.3) is 0 Å². The van der Waals surface area contributed by atoms with Crippen LogP contribution in [0.1, 0.15) is 19.3 Å². The zero-order valence-electron chi connectivity index (χ0n) is 12.1. The molecule has 1 aromatic rings. The van der Waals surface area contributed by atoms with Gasteiger partial charge in [0.2, 0.25) is 0 Å². The molecule has 0 radical (unpaired) electrons. The summed E-state index contributed by atoms with van der Waals surface area (Å²) in [5.74, 6) is 1.56. The van der Waals surface area contributed by atoms with Gasteiger partial charge in [0, 0.05) is 31.4 Å². The van der Waals surface area contributed by atoms with Gasteiger partial charge in [0.1, 0.15) is 0 Å². The van der Waals surface area contributed by atoms with Crippen molar-refractivity contribution < 1.29 is 9.47 Å². The number of nitrogens with one attached hydrogen (secondary N) is 1. The molecule has 0 saturated carbocycles. The molecule has 1 N–H and O–H groups in total. The van der Waals surface area contributed by atoms with Crippen molar-refractivity contribution in [3.63, 3.8) is 0 Å². The second kappa shape index (κ2) is 6.66. The molecule has 19 heavy (non-hydrogen) atoms. The van der Waals surface area contributed by atoms with Crippen molar-refractivity contribution in [3.05, 3.63) is 18.2 Å². The minimum atomic E-state index is 0.683. The maximum Gasteiger partial charge on any atom is 0.162 e. The minimum absolute atomic E-state index is 0.683. The third-order valence-corrected chi connectivity index (χ3v) is 3.78. The third kappa shape index (κ3) is 3.53. The summed E-state index contributed by atoms with van der Waals surface area (Å²) in [6, 6.07) is 6.74. The summed E-state index contributed by atoms with van der Waals surface area (Å²) in [5.41, 5.74) is 1.16. The van der Waals surface area contributed by atoms with Crippen molar-refractivity contribution >= 4 is 5.69 Å². The molecule has 2 rings (SSSR count). The first-order valence-electron chi connectivity index (χ1n) is 6.91. The predicted molar refractivity (Wildman–Crippen MR) is 78.5 cm³/mol. The molecule has 1 atom stereocenters. The van der Waals surface area contributed by atoms with Gasteiger partial charge in [-0.3, -0.25) is 0 Å². The average molecular weight is 264 g/mol. The van der Waals surface area contributed by atoms with Crippen molar-refractivity contribution in [2.24, 2.45) is 0 Å². The van der Waals surface area contributed by atoms with E-state index >= 15 is 0 Å². The summed E-state index contributed by atoms with van der Waals surface area (Å²) < 4.78 is 10.6. The molecule has 1 unspecified atom stereocenters. The lowest BCUT2D eigenvalue weighted by Crippen LogP contribution is -2.28. The van der Waals surface area contributed by atoms with Crippen molar-refractivity contribution in [1.82, 2.24) is 5.32 Å². The van der Waals surface area contributed by atoms with E-state index in [-0.39, 0.29) is 0 Å². The highest BCUT2D eigenvalue weighted by Crippen LogP contribution is 2.31. The van der Waals surface area contributed by atoms with E-state index in [0.717, 1.165) is 23.7 Å². The van der Waals surface area contributed by atoms with E-state index in [4.69, 9.17) is 9.47 Å². The Morgan fingerprint density at radius 1 is 1.26 bits per heavy atom. The van der Waals surface area contributed by atoms with E-state index in [1.54, 1.807) is 14.2 Å². The zero-order valence-corrected chi connectivity index (χ0v) is 12.1. The number of ether oxygens (including phenoxy) is 2. The molecule has 0 bridgehead atoms. The fraction of sp³-hybridized carbons (Fsp3) is 0.600. The first-order chi connectivity index (χ1) is 9.24. The fourth-order valence-electron chi connectivity index (χ4n) is 2.54. The van der Waals surface area contributed by atoms with Gasteiger partial charge in [-0.25, -0.2) is 0 Å². The molecule has 1 fully saturated rings. The summed E-state index contributed by atoms with van der Waals surface area (Å²) >= 11 is 0. The van der Waals surface area contributed by atoms with Crippen LogP contribution in [0.4, 0.5) is 5.69 Å². The Hall–Kier alpha value is -1.42. The summed E-state index contributed by atoms with van der Waals surface area (Å²) in [6.07, 6.45) is 3.80. The van der Waals surface area contributed by atoms with Gasteiger partial charge < -0.3 is 19.7 Å². The number of anilines is 1. The Kier molecular flexibility index (Phi) is 4.91. The molecule has 106 valence electrons. The van der Waals surface area contributed by atoms with E-state index in [1.807, 2.05) is 12.1 Å². The normalized spacial score (nSPS) is 18.4. The topological polar surface area (TPSA) is 33.7 Å². The molecule has 0 spiro atoms. The molecule has 4 heteroatoms. The monoisotopic (exact) mass is 264 g/mol. The Labute approximate surface area is 115 Å². The fourth-order valence-corrected chi connectivity index (χ4v) is 2.54. The second-order valence-corrected chi connectivity index (χ2v) is 5.04. The van der Waals surface area contributed by atoms with Crippen molar-refractivity contribution in [2.75, 3.05) is 39.3 Å². The molecular weight excluding hydrogens is 240 g/mol. The quantitative estimate of drug-likeness (QED) is 0.854. The first kappa shape index (κ1) is 14.0. The molecule has 1 aromatic carbocycles. The summed E-state index contributed by atoms with van der Waals surface area (Å²) in [5, 5.41) is 3.53. The number of hydrogen-bond acceptors (Lipinski definition) is 4. The number of benzene rings is 1. The third-order valence-electron chi connectivity index (χ3n) is 3.78. The summed E-state index contributed by atoms with van der Waals surface area (Å²) in [6.45, 7) is 2.22. The number of methoxy groups -OCH3 is 2. The smallest absolute Gasteiger partial charge is 0.162 e. The van der Waals surface area contributed by atoms with Gasteiger partial charge in [-0.05, 0) is 37.9 Å². The maximum atomic E-state index is 5.34. The molecule has 4 nitrogen and oxygen atoms in total. The minimum Gasteiger partial charge on any atom is -0.493 e. The molecular formula is C15H24N2O2. The van der Waals surface area contributed by atoms with E-state index in [0.29, 0.717) is 6.04 Å². The van der Waals surface area contributed by atoms with Gasteiger partial charge in [-0.2, -0.15) is 0 Å². The van der Waals surface area contributed by atoms with Gasteiger partial charge in [-0.1, -0.05) is 0 Å². The standard InChI is InChI=1S/C15H24N2O2/c1-17(10-8-12-5-4-9-16-12)13-6-7-14(18-2)15(11-13)19-3/h6-7,11-12,16H,4-5,8-10H2,1-3H3. The van der Waals surface area contributed by atoms with Crippen LogP contribution in [0.2, 0.25) is 0 Å². The maximum absolute atomic E-state index is 5.34. The molecule has 1 heterocycles. The SMILES string of the molecule is COc1ccc(N(C)CCC2CCCN2)cc1OC. The van der Waals surface area contributed by atoms with Crippen LogP contribution in [-0.4, -0.2) is 40.4 Å². The summed E-state index contributed by atoms with van der Waals surface area (Å²) in [4.78, 5) is 2.27. The predicted octanol–water partition coefficient (Wildman–Crippen LogP) is 2.28. The first-order valence-corrected chi connectivity index (χ1v) is 6.91. The van der Waals surface area contributed by atoms with Crippen LogP contribution in [0, 0.1) is 0 Å². The van der Waals surface area contributed by atoms with Crippen molar-refractivity contribution in [1.29, 1.82) is 0 Å². The average Bonchev–Trinajstić information content (AvgIpc) is 2.97. The van der Waals surface area contributed by atoms with E-state index in [2.05, 4.69) is 23.3 Å². The Morgan fingerprint density at radius 3 is 2.68 bits per heavy atom. The number of nitrogens with zero attached hydrogens (tertiary/aromatic N) is 1. The lowest BCUT2D eigenvalue weighted by atomic mass is 10.1. The van der Waals surface area contributed by atoms with Crippen molar-refractivity contribution in [3.8, 4) is 11.5 Å². The zero-order chi connectivity index (χ0) is 13.7. The van der Waals surface area contributed by atoms with E-state index < -0.39 is 0 Å². The lowest BCUT2D eigenvalue weighted by molar-refractivity contribution is 0.355. The largest absolute Gasteiger partial charge is 0.493 e. The highest BCUT2D eigenvalue weighted by atomic mass is 16.5. The Morgan fingerprint density at radius 2 is 2.05 bits per heavy atom. The molecule has 1 saturated heterocycles. The Balaban J connectivity index is 1.95. The van der Waals surface area contributed by atoms with Crippen LogP contribution in [0.3, 0.4) is 0 Å². The van der Waals surface area contributed by atoms with Crippen LogP contribution < -0.4 is 19.7 Å². The molecule has 1 aliphatic rings. The van der Waals surface area contributed by atoms with Gasteiger partial charge in [-0.15, -0.1) is 0 Å². The van der Waals surface area contributed by atoms with Gasteiger partial charge >= 0.3 is 0 Å². The van der Waals surface area contributed by atoms with Gasteiger partial charge in [0.25, 0.3) is 0 Å². The molecule has 1 aliphatic heterocycles. The van der Waals surface area contributed by atoms with Crippen LogP contribution in [0.5, 0.6) is 11.5 Å². The van der Waals surface area contributed by atoms with Gasteiger partial charge in [0.05, 0.1) is 14.2 Å². The molecule has 0 amide bonds. The highest BCUT2D eigenvalue weighted by Gasteiger charge is 2.15.